The van der Waals surface area contributed by atoms with E-state index >= 15 is 4.39 Å². The molecule has 0 heterocycles. The number of benzene rings is 4. The molecule has 46 heavy (non-hydrogen) atoms. The molecule has 4 aromatic rings. The standard InChI is InChI=1S/C37H40FN3O4S/c1-27-16-20-32(21-17-27)41(46(44,45)33-22-18-28(2)19-23-33)26-36(42)40(25-30-12-6-9-15-34(30)38)35(24-29-10-4-3-5-11-29)37(43)39-31-13-7-8-14-31/h3-6,9-12,15-23,31,35H,7-8,13-14,24-26H2,1-2H3,(H,39,43). The van der Waals surface area contributed by atoms with E-state index in [2.05, 4.69) is 5.32 Å². The topological polar surface area (TPSA) is 86.8 Å². The van der Waals surface area contributed by atoms with E-state index in [0.717, 1.165) is 46.7 Å². The fraction of sp³-hybridized carbons (Fsp3) is 0.297. The molecule has 1 saturated carbocycles. The van der Waals surface area contributed by atoms with Crippen LogP contribution < -0.4 is 9.62 Å². The van der Waals surface area contributed by atoms with Gasteiger partial charge in [0.2, 0.25) is 11.8 Å². The summed E-state index contributed by atoms with van der Waals surface area (Å²) < 4.78 is 44.4. The van der Waals surface area contributed by atoms with Crippen LogP contribution in [-0.4, -0.2) is 43.8 Å². The number of nitrogens with zero attached hydrogens (tertiary/aromatic N) is 2. The van der Waals surface area contributed by atoms with Crippen molar-refractivity contribution in [3.63, 3.8) is 0 Å². The monoisotopic (exact) mass is 641 g/mol. The Labute approximate surface area is 271 Å². The molecule has 0 aromatic heterocycles. The minimum Gasteiger partial charge on any atom is -0.352 e. The van der Waals surface area contributed by atoms with Gasteiger partial charge < -0.3 is 10.2 Å². The molecule has 240 valence electrons. The maximum Gasteiger partial charge on any atom is 0.264 e. The fourth-order valence-corrected chi connectivity index (χ4v) is 7.22. The lowest BCUT2D eigenvalue weighted by atomic mass is 10.0. The van der Waals surface area contributed by atoms with Crippen molar-refractivity contribution in [1.29, 1.82) is 0 Å². The highest BCUT2D eigenvalue weighted by molar-refractivity contribution is 7.92. The zero-order valence-corrected chi connectivity index (χ0v) is 27.0. The summed E-state index contributed by atoms with van der Waals surface area (Å²) in [5, 5.41) is 3.13. The summed E-state index contributed by atoms with van der Waals surface area (Å²) in [4.78, 5) is 29.9. The largest absolute Gasteiger partial charge is 0.352 e. The van der Waals surface area contributed by atoms with Crippen LogP contribution in [0.5, 0.6) is 0 Å². The maximum absolute atomic E-state index is 15.1. The Morgan fingerprint density at radius 2 is 1.41 bits per heavy atom. The van der Waals surface area contributed by atoms with Crippen molar-refractivity contribution in [2.75, 3.05) is 10.8 Å². The molecule has 1 unspecified atom stereocenters. The third-order valence-corrected chi connectivity index (χ3v) is 10.3. The van der Waals surface area contributed by atoms with E-state index in [-0.39, 0.29) is 35.4 Å². The highest BCUT2D eigenvalue weighted by atomic mass is 32.2. The second-order valence-electron chi connectivity index (χ2n) is 12.0. The zero-order chi connectivity index (χ0) is 32.7. The highest BCUT2D eigenvalue weighted by Gasteiger charge is 2.36. The van der Waals surface area contributed by atoms with Crippen molar-refractivity contribution in [2.45, 2.75) is 69.5 Å². The Kier molecular flexibility index (Phi) is 10.5. The van der Waals surface area contributed by atoms with Crippen molar-refractivity contribution in [2.24, 2.45) is 0 Å². The average Bonchev–Trinajstić information content (AvgIpc) is 3.56. The highest BCUT2D eigenvalue weighted by Crippen LogP contribution is 2.26. The van der Waals surface area contributed by atoms with Gasteiger partial charge in [0.1, 0.15) is 18.4 Å². The number of anilines is 1. The molecule has 0 aliphatic heterocycles. The first kappa shape index (κ1) is 32.9. The van der Waals surface area contributed by atoms with Gasteiger partial charge in [0, 0.05) is 24.6 Å². The van der Waals surface area contributed by atoms with Crippen molar-refractivity contribution in [1.82, 2.24) is 10.2 Å². The van der Waals surface area contributed by atoms with Crippen LogP contribution in [0.2, 0.25) is 0 Å². The quantitative estimate of drug-likeness (QED) is 0.196. The van der Waals surface area contributed by atoms with Gasteiger partial charge in [-0.25, -0.2) is 12.8 Å². The minimum atomic E-state index is -4.21. The molecule has 4 aromatic carbocycles. The lowest BCUT2D eigenvalue weighted by Gasteiger charge is -2.34. The molecule has 1 atom stereocenters. The predicted molar refractivity (Wildman–Crippen MR) is 178 cm³/mol. The number of hydrogen-bond acceptors (Lipinski definition) is 4. The number of sulfonamides is 1. The van der Waals surface area contributed by atoms with Crippen LogP contribution >= 0.6 is 0 Å². The molecule has 9 heteroatoms. The van der Waals surface area contributed by atoms with Gasteiger partial charge in [0.25, 0.3) is 10.0 Å². The first-order valence-corrected chi connectivity index (χ1v) is 17.1. The molecule has 0 bridgehead atoms. The van der Waals surface area contributed by atoms with E-state index in [0.29, 0.717) is 5.69 Å². The third kappa shape index (κ3) is 8.01. The number of carbonyl (C=O) groups is 2. The first-order valence-electron chi connectivity index (χ1n) is 15.6. The Morgan fingerprint density at radius 3 is 2.04 bits per heavy atom. The number of carbonyl (C=O) groups excluding carboxylic acids is 2. The lowest BCUT2D eigenvalue weighted by molar-refractivity contribution is -0.140. The van der Waals surface area contributed by atoms with Gasteiger partial charge in [-0.1, -0.05) is 96.8 Å². The molecule has 0 spiro atoms. The second kappa shape index (κ2) is 14.7. The number of rotatable bonds is 12. The van der Waals surface area contributed by atoms with Crippen LogP contribution in [0.1, 0.15) is 47.9 Å². The van der Waals surface area contributed by atoms with E-state index in [4.69, 9.17) is 0 Å². The van der Waals surface area contributed by atoms with Crippen molar-refractivity contribution in [3.05, 3.63) is 131 Å². The molecular weight excluding hydrogens is 601 g/mol. The smallest absolute Gasteiger partial charge is 0.264 e. The molecule has 1 aliphatic rings. The van der Waals surface area contributed by atoms with Crippen LogP contribution in [-0.2, 0) is 32.6 Å². The Bertz CT molecular complexity index is 1740. The van der Waals surface area contributed by atoms with Gasteiger partial charge in [-0.2, -0.15) is 0 Å². The Morgan fingerprint density at radius 1 is 0.826 bits per heavy atom. The summed E-state index contributed by atoms with van der Waals surface area (Å²) in [5.74, 6) is -1.48. The number of halogens is 1. The molecule has 5 rings (SSSR count). The second-order valence-corrected chi connectivity index (χ2v) is 13.8. The van der Waals surface area contributed by atoms with Gasteiger partial charge in [-0.05, 0) is 62.6 Å². The number of hydrogen-bond donors (Lipinski definition) is 1. The van der Waals surface area contributed by atoms with Crippen molar-refractivity contribution < 1.29 is 22.4 Å². The molecular formula is C37H40FN3O4S. The van der Waals surface area contributed by atoms with Crippen molar-refractivity contribution >= 4 is 27.5 Å². The minimum absolute atomic E-state index is 0.0119. The average molecular weight is 642 g/mol. The molecule has 2 amide bonds. The van der Waals surface area contributed by atoms with Crippen LogP contribution in [0.15, 0.2) is 108 Å². The van der Waals surface area contributed by atoms with Crippen molar-refractivity contribution in [3.8, 4) is 0 Å². The van der Waals surface area contributed by atoms with E-state index in [1.54, 1.807) is 54.6 Å². The predicted octanol–water partition coefficient (Wildman–Crippen LogP) is 6.34. The fourth-order valence-electron chi connectivity index (χ4n) is 5.81. The third-order valence-electron chi connectivity index (χ3n) is 8.48. The molecule has 0 radical (unpaired) electrons. The van der Waals surface area contributed by atoms with E-state index < -0.39 is 34.3 Å². The van der Waals surface area contributed by atoms with Crippen LogP contribution in [0.25, 0.3) is 0 Å². The van der Waals surface area contributed by atoms with Gasteiger partial charge in [0.15, 0.2) is 0 Å². The van der Waals surface area contributed by atoms with Gasteiger partial charge in [-0.3, -0.25) is 13.9 Å². The molecule has 1 aliphatic carbocycles. The SMILES string of the molecule is Cc1ccc(N(CC(=O)N(Cc2ccccc2F)C(Cc2ccccc2)C(=O)NC2CCCC2)S(=O)(=O)c2ccc(C)cc2)cc1. The summed E-state index contributed by atoms with van der Waals surface area (Å²) in [5.41, 5.74) is 3.18. The van der Waals surface area contributed by atoms with Gasteiger partial charge in [0.05, 0.1) is 10.6 Å². The first-order chi connectivity index (χ1) is 22.1. The summed E-state index contributed by atoms with van der Waals surface area (Å²) >= 11 is 0. The molecule has 1 N–H and O–H groups in total. The molecule has 7 nitrogen and oxygen atoms in total. The van der Waals surface area contributed by atoms with Crippen LogP contribution in [0.4, 0.5) is 10.1 Å². The lowest BCUT2D eigenvalue weighted by Crippen LogP contribution is -2.54. The van der Waals surface area contributed by atoms with E-state index in [1.165, 1.54) is 23.1 Å². The number of aryl methyl sites for hydroxylation is 2. The number of nitrogens with one attached hydrogen (secondary N) is 1. The Balaban J connectivity index is 1.57. The Hall–Kier alpha value is -4.50. The van der Waals surface area contributed by atoms with Gasteiger partial charge >= 0.3 is 0 Å². The normalized spacial score (nSPS) is 14.1. The summed E-state index contributed by atoms with van der Waals surface area (Å²) in [6, 6.07) is 27.7. The van der Waals surface area contributed by atoms with Crippen LogP contribution in [0, 0.1) is 19.7 Å². The van der Waals surface area contributed by atoms with E-state index in [9.17, 15) is 18.0 Å². The summed E-state index contributed by atoms with van der Waals surface area (Å²) in [6.45, 7) is 2.95. The molecule has 1 fully saturated rings. The summed E-state index contributed by atoms with van der Waals surface area (Å²) in [6.07, 6.45) is 3.89. The number of amides is 2. The van der Waals surface area contributed by atoms with Gasteiger partial charge in [-0.15, -0.1) is 0 Å². The summed E-state index contributed by atoms with van der Waals surface area (Å²) in [7, 11) is -4.21. The maximum atomic E-state index is 15.1. The zero-order valence-electron chi connectivity index (χ0n) is 26.2. The van der Waals surface area contributed by atoms with Crippen LogP contribution in [0.3, 0.4) is 0 Å². The molecule has 0 saturated heterocycles. The van der Waals surface area contributed by atoms with E-state index in [1.807, 2.05) is 44.2 Å².